The molecule has 3 rings (SSSR count). The number of benzene rings is 2. The van der Waals surface area contributed by atoms with E-state index < -0.39 is 5.82 Å². The number of anilines is 1. The van der Waals surface area contributed by atoms with Crippen LogP contribution in [0.3, 0.4) is 0 Å². The lowest BCUT2D eigenvalue weighted by Crippen LogP contribution is -2.34. The van der Waals surface area contributed by atoms with E-state index in [4.69, 9.17) is 10.00 Å². The van der Waals surface area contributed by atoms with Crippen molar-refractivity contribution < 1.29 is 13.9 Å². The second kappa shape index (κ2) is 10.6. The molecule has 0 unspecified atom stereocenters. The molecule has 0 fully saturated rings. The number of hydrogen-bond donors (Lipinski definition) is 0. The van der Waals surface area contributed by atoms with E-state index in [1.807, 2.05) is 41.8 Å². The molecule has 1 aromatic heterocycles. The molecule has 0 bridgehead atoms. The van der Waals surface area contributed by atoms with Gasteiger partial charge in [0.05, 0.1) is 31.0 Å². The summed E-state index contributed by atoms with van der Waals surface area (Å²) < 4.78 is 21.3. The fourth-order valence-corrected chi connectivity index (χ4v) is 3.93. The van der Waals surface area contributed by atoms with Crippen molar-refractivity contribution in [3.63, 3.8) is 0 Å². The maximum Gasteiger partial charge on any atom is 0.237 e. The molecule has 0 saturated heterocycles. The molecule has 1 heterocycles. The topological polar surface area (TPSA) is 84.0 Å². The Kier molecular flexibility index (Phi) is 7.62. The molecule has 0 saturated carbocycles. The lowest BCUT2D eigenvalue weighted by atomic mass is 10.2. The number of carbonyl (C=O) groups is 1. The Morgan fingerprint density at radius 3 is 2.61 bits per heavy atom. The average molecular weight is 440 g/mol. The molecule has 0 aliphatic heterocycles. The molecule has 0 aliphatic rings. The van der Waals surface area contributed by atoms with Gasteiger partial charge in [-0.25, -0.2) is 4.39 Å². The molecular weight excluding hydrogens is 417 g/mol. The number of thioether (sulfide) groups is 1. The first-order chi connectivity index (χ1) is 15.1. The van der Waals surface area contributed by atoms with Gasteiger partial charge in [0.15, 0.2) is 11.0 Å². The minimum atomic E-state index is -0.502. The second-order valence-electron chi connectivity index (χ2n) is 6.47. The molecule has 9 heteroatoms. The molecule has 0 N–H and O–H groups in total. The van der Waals surface area contributed by atoms with Crippen molar-refractivity contribution in [3.8, 4) is 23.2 Å². The Labute approximate surface area is 184 Å². The minimum absolute atomic E-state index is 0.0422. The summed E-state index contributed by atoms with van der Waals surface area (Å²) in [6, 6.07) is 15.6. The third-order valence-electron chi connectivity index (χ3n) is 4.60. The van der Waals surface area contributed by atoms with E-state index in [-0.39, 0.29) is 30.3 Å². The van der Waals surface area contributed by atoms with Crippen molar-refractivity contribution >= 4 is 23.4 Å². The lowest BCUT2D eigenvalue weighted by molar-refractivity contribution is -0.116. The number of halogens is 1. The van der Waals surface area contributed by atoms with Gasteiger partial charge >= 0.3 is 0 Å². The molecule has 1 amide bonds. The Bertz CT molecular complexity index is 1080. The molecule has 31 heavy (non-hydrogen) atoms. The van der Waals surface area contributed by atoms with Crippen molar-refractivity contribution in [1.29, 1.82) is 5.26 Å². The number of hydrogen-bond acceptors (Lipinski definition) is 6. The number of ether oxygens (including phenoxy) is 1. The van der Waals surface area contributed by atoms with Crippen LogP contribution in [0.4, 0.5) is 10.1 Å². The Morgan fingerprint density at radius 2 is 1.97 bits per heavy atom. The zero-order chi connectivity index (χ0) is 22.2. The van der Waals surface area contributed by atoms with E-state index in [1.54, 1.807) is 19.2 Å². The smallest absolute Gasteiger partial charge is 0.237 e. The number of carbonyl (C=O) groups excluding carboxylic acids is 1. The van der Waals surface area contributed by atoms with Crippen LogP contribution in [0.25, 0.3) is 11.4 Å². The van der Waals surface area contributed by atoms with Gasteiger partial charge in [0.25, 0.3) is 0 Å². The summed E-state index contributed by atoms with van der Waals surface area (Å²) in [6.07, 6.45) is 0.109. The summed E-state index contributed by atoms with van der Waals surface area (Å²) in [5.74, 6) is 0.674. The maximum atomic E-state index is 14.2. The van der Waals surface area contributed by atoms with Crippen molar-refractivity contribution in [2.75, 3.05) is 24.3 Å². The lowest BCUT2D eigenvalue weighted by Gasteiger charge is -2.22. The SMILES string of the molecule is CCn1c(SCC(=O)N(CCC#N)c2ccccc2F)nnc1-c1ccc(OC)cc1. The average Bonchev–Trinajstić information content (AvgIpc) is 3.22. The van der Waals surface area contributed by atoms with Gasteiger partial charge in [-0.15, -0.1) is 10.2 Å². The van der Waals surface area contributed by atoms with E-state index in [9.17, 15) is 9.18 Å². The highest BCUT2D eigenvalue weighted by Crippen LogP contribution is 2.27. The Morgan fingerprint density at radius 1 is 1.23 bits per heavy atom. The summed E-state index contributed by atoms with van der Waals surface area (Å²) in [5, 5.41) is 18.0. The largest absolute Gasteiger partial charge is 0.497 e. The molecular formula is C22H22FN5O2S. The highest BCUT2D eigenvalue weighted by Gasteiger charge is 2.21. The van der Waals surface area contributed by atoms with Crippen LogP contribution in [-0.2, 0) is 11.3 Å². The molecule has 160 valence electrons. The van der Waals surface area contributed by atoms with Gasteiger partial charge < -0.3 is 14.2 Å². The zero-order valence-electron chi connectivity index (χ0n) is 17.3. The summed E-state index contributed by atoms with van der Waals surface area (Å²) in [5.41, 5.74) is 1.05. The van der Waals surface area contributed by atoms with Crippen LogP contribution in [0.5, 0.6) is 5.75 Å². The molecule has 0 aliphatic carbocycles. The van der Waals surface area contributed by atoms with E-state index in [2.05, 4.69) is 10.2 Å². The van der Waals surface area contributed by atoms with E-state index in [0.717, 1.165) is 11.3 Å². The van der Waals surface area contributed by atoms with Crippen molar-refractivity contribution in [2.45, 2.75) is 25.0 Å². The second-order valence-corrected chi connectivity index (χ2v) is 7.42. The number of aromatic nitrogens is 3. The van der Waals surface area contributed by atoms with Crippen LogP contribution in [0.15, 0.2) is 53.7 Å². The Balaban J connectivity index is 1.77. The van der Waals surface area contributed by atoms with Crippen LogP contribution < -0.4 is 9.64 Å². The zero-order valence-corrected chi connectivity index (χ0v) is 18.1. The number of rotatable bonds is 9. The van der Waals surface area contributed by atoms with Gasteiger partial charge in [-0.1, -0.05) is 23.9 Å². The van der Waals surface area contributed by atoms with E-state index in [0.29, 0.717) is 17.5 Å². The van der Waals surface area contributed by atoms with Crippen molar-refractivity contribution in [3.05, 3.63) is 54.3 Å². The molecule has 3 aromatic rings. The van der Waals surface area contributed by atoms with Gasteiger partial charge in [0.1, 0.15) is 11.6 Å². The molecule has 0 radical (unpaired) electrons. The number of methoxy groups -OCH3 is 1. The van der Waals surface area contributed by atoms with Gasteiger partial charge in [0, 0.05) is 18.7 Å². The first-order valence-corrected chi connectivity index (χ1v) is 10.7. The third-order valence-corrected chi connectivity index (χ3v) is 5.55. The van der Waals surface area contributed by atoms with Crippen molar-refractivity contribution in [2.24, 2.45) is 0 Å². The summed E-state index contributed by atoms with van der Waals surface area (Å²) in [4.78, 5) is 14.2. The summed E-state index contributed by atoms with van der Waals surface area (Å²) in [6.45, 7) is 2.71. The molecule has 2 aromatic carbocycles. The predicted octanol–water partition coefficient (Wildman–Crippen LogP) is 4.15. The van der Waals surface area contributed by atoms with Crippen LogP contribution >= 0.6 is 11.8 Å². The van der Waals surface area contributed by atoms with Gasteiger partial charge in [-0.2, -0.15) is 5.26 Å². The number of amides is 1. The van der Waals surface area contributed by atoms with Crippen LogP contribution in [-0.4, -0.2) is 40.1 Å². The maximum absolute atomic E-state index is 14.2. The van der Waals surface area contributed by atoms with Crippen molar-refractivity contribution in [1.82, 2.24) is 14.8 Å². The van der Waals surface area contributed by atoms with Crippen LogP contribution in [0.2, 0.25) is 0 Å². The predicted molar refractivity (Wildman–Crippen MR) is 117 cm³/mol. The van der Waals surface area contributed by atoms with E-state index >= 15 is 0 Å². The number of nitrogens with zero attached hydrogens (tertiary/aromatic N) is 5. The molecule has 7 nitrogen and oxygen atoms in total. The monoisotopic (exact) mass is 439 g/mol. The molecule has 0 spiro atoms. The fourth-order valence-electron chi connectivity index (χ4n) is 3.05. The molecule has 0 atom stereocenters. The highest BCUT2D eigenvalue weighted by atomic mass is 32.2. The van der Waals surface area contributed by atoms with Crippen LogP contribution in [0, 0.1) is 17.1 Å². The fraction of sp³-hybridized carbons (Fsp3) is 0.273. The first-order valence-electron chi connectivity index (χ1n) is 9.71. The number of nitriles is 1. The van der Waals surface area contributed by atoms with Gasteiger partial charge in [-0.05, 0) is 43.3 Å². The summed E-state index contributed by atoms with van der Waals surface area (Å²) in [7, 11) is 1.61. The minimum Gasteiger partial charge on any atom is -0.497 e. The standard InChI is InChI=1S/C22H22FN5O2S/c1-3-27-21(16-9-11-17(30-2)12-10-16)25-26-22(27)31-15-20(29)28(14-6-13-24)19-8-5-4-7-18(19)23/h4-5,7-12H,3,6,14-15H2,1-2H3. The normalized spacial score (nSPS) is 10.5. The summed E-state index contributed by atoms with van der Waals surface area (Å²) >= 11 is 1.23. The Hall–Kier alpha value is -3.38. The van der Waals surface area contributed by atoms with Gasteiger partial charge in [-0.3, -0.25) is 4.79 Å². The quantitative estimate of drug-likeness (QED) is 0.466. The third kappa shape index (κ3) is 5.22. The van der Waals surface area contributed by atoms with Crippen LogP contribution in [0.1, 0.15) is 13.3 Å². The highest BCUT2D eigenvalue weighted by molar-refractivity contribution is 7.99. The first kappa shape index (κ1) is 22.3. The number of para-hydroxylation sites is 1. The van der Waals surface area contributed by atoms with E-state index in [1.165, 1.54) is 28.8 Å². The van der Waals surface area contributed by atoms with Gasteiger partial charge in [0.2, 0.25) is 5.91 Å².